The highest BCUT2D eigenvalue weighted by Gasteiger charge is 2.18. The Balaban J connectivity index is 1.67. The van der Waals surface area contributed by atoms with Crippen LogP contribution in [0.2, 0.25) is 0 Å². The van der Waals surface area contributed by atoms with E-state index in [1.807, 2.05) is 35.8 Å². The highest BCUT2D eigenvalue weighted by Crippen LogP contribution is 2.22. The molecule has 2 atom stereocenters. The molecule has 146 valence electrons. The maximum atomic E-state index is 9.82. The van der Waals surface area contributed by atoms with Gasteiger partial charge in [0.1, 0.15) is 30.0 Å². The molecule has 7 nitrogen and oxygen atoms in total. The van der Waals surface area contributed by atoms with Crippen molar-refractivity contribution in [2.45, 2.75) is 32.4 Å². The zero-order valence-electron chi connectivity index (χ0n) is 15.9. The molecule has 0 spiro atoms. The third kappa shape index (κ3) is 4.80. The fraction of sp³-hybridized carbons (Fsp3) is 0.333. The van der Waals surface area contributed by atoms with Gasteiger partial charge in [0, 0.05) is 24.0 Å². The summed E-state index contributed by atoms with van der Waals surface area (Å²) in [6.45, 7) is 4.54. The van der Waals surface area contributed by atoms with E-state index in [0.29, 0.717) is 36.9 Å². The maximum Gasteiger partial charge on any atom is 0.210 e. The number of hydrogen-bond donors (Lipinski definition) is 1. The van der Waals surface area contributed by atoms with E-state index in [4.69, 9.17) is 14.4 Å². The number of aliphatic hydroxyl groups excluding tert-OH is 1. The van der Waals surface area contributed by atoms with Crippen LogP contribution in [-0.2, 0) is 0 Å². The van der Waals surface area contributed by atoms with Crippen molar-refractivity contribution in [3.63, 3.8) is 0 Å². The van der Waals surface area contributed by atoms with Crippen LogP contribution < -0.4 is 4.74 Å². The standard InChI is InChI=1S/C21H23N3O4/c1-15(24-11-10-22-21(24)16(2)26)20-14-19(28-23-20)9-6-17-4-7-18(8-5-17)27-13-3-12-25/h4-5,7-8,10-11,14-16,25-26H,3,12-13H2,1-2H3/p+1/t15?,16-/m0/s1. The van der Waals surface area contributed by atoms with Crippen LogP contribution in [0.25, 0.3) is 0 Å². The number of hydrogen-bond acceptors (Lipinski definition) is 5. The summed E-state index contributed by atoms with van der Waals surface area (Å²) in [6, 6.07) is 9.14. The molecule has 1 aromatic carbocycles. The molecule has 3 aromatic rings. The van der Waals surface area contributed by atoms with E-state index in [9.17, 15) is 5.11 Å². The van der Waals surface area contributed by atoms with Crippen molar-refractivity contribution in [1.82, 2.24) is 14.7 Å². The first kappa shape index (κ1) is 19.7. The molecular weight excluding hydrogens is 358 g/mol. The van der Waals surface area contributed by atoms with Crippen LogP contribution in [0.1, 0.15) is 55.3 Å². The smallest absolute Gasteiger partial charge is 0.210 e. The number of aromatic nitrogens is 3. The van der Waals surface area contributed by atoms with Gasteiger partial charge in [0.25, 0.3) is 0 Å². The number of aliphatic hydroxyl groups is 1. The molecule has 0 fully saturated rings. The number of imidazole rings is 1. The average Bonchev–Trinajstić information content (AvgIpc) is 3.37. The summed E-state index contributed by atoms with van der Waals surface area (Å²) >= 11 is 0. The van der Waals surface area contributed by atoms with Gasteiger partial charge in [0.15, 0.2) is 0 Å². The molecule has 3 rings (SSSR count). The van der Waals surface area contributed by atoms with Crippen LogP contribution in [0.5, 0.6) is 5.75 Å². The summed E-state index contributed by atoms with van der Waals surface area (Å²) in [5.74, 6) is 7.83. The molecule has 0 aliphatic rings. The van der Waals surface area contributed by atoms with E-state index in [1.54, 1.807) is 25.4 Å². The SMILES string of the molecule is CC(c1cc(C#Cc2ccc(OCCC[OH2+])cc2)on1)n1ccnc1[C@H](C)O. The Morgan fingerprint density at radius 1 is 1.25 bits per heavy atom. The Bertz CT molecular complexity index is 948. The van der Waals surface area contributed by atoms with E-state index in [1.165, 1.54) is 0 Å². The van der Waals surface area contributed by atoms with Gasteiger partial charge in [0.2, 0.25) is 5.76 Å². The fourth-order valence-electron chi connectivity index (χ4n) is 2.69. The number of rotatable bonds is 7. The molecule has 0 aliphatic carbocycles. The molecule has 0 aliphatic heterocycles. The summed E-state index contributed by atoms with van der Waals surface area (Å²) in [4.78, 5) is 4.18. The van der Waals surface area contributed by atoms with Crippen molar-refractivity contribution in [2.75, 3.05) is 13.2 Å². The van der Waals surface area contributed by atoms with E-state index in [-0.39, 0.29) is 6.04 Å². The number of ether oxygens (including phenoxy) is 1. The molecule has 1 unspecified atom stereocenters. The van der Waals surface area contributed by atoms with Crippen LogP contribution in [0.15, 0.2) is 47.2 Å². The minimum Gasteiger partial charge on any atom is -0.493 e. The topological polar surface area (TPSA) is 96.2 Å². The maximum absolute atomic E-state index is 9.82. The van der Waals surface area contributed by atoms with Crippen molar-refractivity contribution in [2.24, 2.45) is 0 Å². The van der Waals surface area contributed by atoms with Gasteiger partial charge < -0.3 is 24.0 Å². The summed E-state index contributed by atoms with van der Waals surface area (Å²) in [6.07, 6.45) is 3.51. The van der Waals surface area contributed by atoms with E-state index < -0.39 is 6.10 Å². The molecule has 0 radical (unpaired) electrons. The van der Waals surface area contributed by atoms with Crippen LogP contribution in [0, 0.1) is 11.8 Å². The lowest BCUT2D eigenvalue weighted by Gasteiger charge is -2.14. The molecule has 0 saturated heterocycles. The third-order valence-corrected chi connectivity index (χ3v) is 4.22. The van der Waals surface area contributed by atoms with Gasteiger partial charge in [-0.05, 0) is 44.0 Å². The molecule has 28 heavy (non-hydrogen) atoms. The van der Waals surface area contributed by atoms with Crippen LogP contribution in [-0.4, -0.2) is 38.1 Å². The van der Waals surface area contributed by atoms with Crippen LogP contribution in [0.3, 0.4) is 0 Å². The lowest BCUT2D eigenvalue weighted by Crippen LogP contribution is -2.12. The Labute approximate surface area is 163 Å². The number of benzene rings is 1. The van der Waals surface area contributed by atoms with Crippen LogP contribution >= 0.6 is 0 Å². The van der Waals surface area contributed by atoms with Gasteiger partial charge >= 0.3 is 0 Å². The van der Waals surface area contributed by atoms with Crippen molar-refractivity contribution >= 4 is 0 Å². The third-order valence-electron chi connectivity index (χ3n) is 4.22. The Hall–Kier alpha value is -3.08. The van der Waals surface area contributed by atoms with E-state index in [0.717, 1.165) is 11.3 Å². The van der Waals surface area contributed by atoms with Gasteiger partial charge in [-0.15, -0.1) is 0 Å². The minimum absolute atomic E-state index is 0.133. The second kappa shape index (κ2) is 9.22. The summed E-state index contributed by atoms with van der Waals surface area (Å²) < 4.78 is 12.7. The summed E-state index contributed by atoms with van der Waals surface area (Å²) in [5.41, 5.74) is 1.55. The molecule has 2 heterocycles. The molecule has 3 N–H and O–H groups in total. The Morgan fingerprint density at radius 3 is 2.75 bits per heavy atom. The lowest BCUT2D eigenvalue weighted by molar-refractivity contribution is 0.182. The van der Waals surface area contributed by atoms with Gasteiger partial charge in [-0.2, -0.15) is 0 Å². The number of nitrogens with zero attached hydrogens (tertiary/aromatic N) is 3. The first-order valence-corrected chi connectivity index (χ1v) is 9.15. The fourth-order valence-corrected chi connectivity index (χ4v) is 2.69. The van der Waals surface area contributed by atoms with Crippen molar-refractivity contribution in [1.29, 1.82) is 0 Å². The van der Waals surface area contributed by atoms with Crippen molar-refractivity contribution in [3.05, 3.63) is 65.6 Å². The predicted octanol–water partition coefficient (Wildman–Crippen LogP) is 2.43. The zero-order valence-corrected chi connectivity index (χ0v) is 15.9. The summed E-state index contributed by atoms with van der Waals surface area (Å²) in [7, 11) is 0. The van der Waals surface area contributed by atoms with Crippen molar-refractivity contribution < 1.29 is 19.5 Å². The summed E-state index contributed by atoms with van der Waals surface area (Å²) in [5, 5.41) is 21.0. The molecule has 0 amide bonds. The highest BCUT2D eigenvalue weighted by molar-refractivity contribution is 5.42. The van der Waals surface area contributed by atoms with Crippen LogP contribution in [0.4, 0.5) is 0 Å². The average molecular weight is 382 g/mol. The largest absolute Gasteiger partial charge is 0.493 e. The first-order chi connectivity index (χ1) is 13.6. The van der Waals surface area contributed by atoms with E-state index >= 15 is 0 Å². The highest BCUT2D eigenvalue weighted by atomic mass is 16.5. The quantitative estimate of drug-likeness (QED) is 0.385. The van der Waals surface area contributed by atoms with Gasteiger partial charge in [0.05, 0.1) is 19.1 Å². The van der Waals surface area contributed by atoms with Gasteiger partial charge in [-0.25, -0.2) is 4.98 Å². The second-order valence-corrected chi connectivity index (χ2v) is 6.39. The monoisotopic (exact) mass is 382 g/mol. The molecular formula is C21H24N3O4+. The van der Waals surface area contributed by atoms with Gasteiger partial charge in [-0.1, -0.05) is 11.1 Å². The predicted molar refractivity (Wildman–Crippen MR) is 104 cm³/mol. The second-order valence-electron chi connectivity index (χ2n) is 6.39. The first-order valence-electron chi connectivity index (χ1n) is 9.15. The van der Waals surface area contributed by atoms with E-state index in [2.05, 4.69) is 22.0 Å². The molecule has 2 aromatic heterocycles. The molecule has 7 heteroatoms. The normalized spacial score (nSPS) is 12.9. The Morgan fingerprint density at radius 2 is 2.04 bits per heavy atom. The lowest BCUT2D eigenvalue weighted by atomic mass is 10.2. The molecule has 0 saturated carbocycles. The van der Waals surface area contributed by atoms with Crippen molar-refractivity contribution in [3.8, 4) is 17.6 Å². The van der Waals surface area contributed by atoms with Gasteiger partial charge in [-0.3, -0.25) is 0 Å². The Kier molecular flexibility index (Phi) is 6.48. The minimum atomic E-state index is -0.664. The molecule has 0 bridgehead atoms. The zero-order chi connectivity index (χ0) is 19.9.